The number of aromatic amines is 1. The molecule has 2 aliphatic rings. The number of carbonyl (C=O) groups excluding carboxylic acids is 2. The van der Waals surface area contributed by atoms with E-state index in [9.17, 15) is 9.59 Å². The van der Waals surface area contributed by atoms with Crippen LogP contribution in [-0.4, -0.2) is 61.0 Å². The van der Waals surface area contributed by atoms with Gasteiger partial charge in [0.2, 0.25) is 0 Å². The van der Waals surface area contributed by atoms with Gasteiger partial charge in [-0.3, -0.25) is 14.5 Å². The smallest absolute Gasteiger partial charge is 0.316 e. The van der Waals surface area contributed by atoms with Crippen LogP contribution >= 0.6 is 0 Å². The number of hydrogen-bond acceptors (Lipinski definition) is 4. The standard InChI is InChI=1S/C24H27N5O2/c25-23(30)24(31)29-16-18(20-3-1-2-4-22(20)29)8-10-27-11-13-28(14-12-27)19-5-6-21-17(15-19)7-9-26-21/h1-7,9,15,18,26H,8,10-14,16H2,(H2,25,30)/t18-/m1/s1. The van der Waals surface area contributed by atoms with Gasteiger partial charge in [-0.2, -0.15) is 0 Å². The Morgan fingerprint density at radius 3 is 2.65 bits per heavy atom. The number of nitrogens with one attached hydrogen (secondary N) is 1. The zero-order chi connectivity index (χ0) is 21.4. The molecule has 0 saturated carbocycles. The number of amides is 2. The third kappa shape index (κ3) is 3.77. The van der Waals surface area contributed by atoms with E-state index in [2.05, 4.69) is 45.1 Å². The minimum Gasteiger partial charge on any atom is -0.369 e. The number of hydrogen-bond donors (Lipinski definition) is 2. The quantitative estimate of drug-likeness (QED) is 0.638. The maximum atomic E-state index is 12.2. The fourth-order valence-electron chi connectivity index (χ4n) is 4.87. The van der Waals surface area contributed by atoms with E-state index in [1.807, 2.05) is 24.4 Å². The average Bonchev–Trinajstić information content (AvgIpc) is 3.41. The number of primary amides is 1. The molecular formula is C24H27N5O2. The van der Waals surface area contributed by atoms with Crippen molar-refractivity contribution in [1.82, 2.24) is 9.88 Å². The maximum absolute atomic E-state index is 12.2. The van der Waals surface area contributed by atoms with Crippen LogP contribution in [0.15, 0.2) is 54.7 Å². The Balaban J connectivity index is 1.19. The van der Waals surface area contributed by atoms with E-state index < -0.39 is 11.8 Å². The van der Waals surface area contributed by atoms with Gasteiger partial charge in [0, 0.05) is 67.1 Å². The lowest BCUT2D eigenvalue weighted by Crippen LogP contribution is -2.47. The highest BCUT2D eigenvalue weighted by Crippen LogP contribution is 2.38. The predicted molar refractivity (Wildman–Crippen MR) is 122 cm³/mol. The number of fused-ring (bicyclic) bond motifs is 2. The Labute approximate surface area is 181 Å². The zero-order valence-electron chi connectivity index (χ0n) is 17.5. The summed E-state index contributed by atoms with van der Waals surface area (Å²) in [5.74, 6) is -1.29. The van der Waals surface area contributed by atoms with E-state index in [4.69, 9.17) is 5.73 Å². The fraction of sp³-hybridized carbons (Fsp3) is 0.333. The highest BCUT2D eigenvalue weighted by Gasteiger charge is 2.34. The lowest BCUT2D eigenvalue weighted by atomic mass is 9.97. The van der Waals surface area contributed by atoms with E-state index in [-0.39, 0.29) is 5.92 Å². The zero-order valence-corrected chi connectivity index (χ0v) is 17.5. The first-order valence-corrected chi connectivity index (χ1v) is 10.8. The van der Waals surface area contributed by atoms with Gasteiger partial charge in [0.1, 0.15) is 0 Å². The van der Waals surface area contributed by atoms with Gasteiger partial charge >= 0.3 is 11.8 Å². The summed E-state index contributed by atoms with van der Waals surface area (Å²) in [7, 11) is 0. The monoisotopic (exact) mass is 417 g/mol. The summed E-state index contributed by atoms with van der Waals surface area (Å²) < 4.78 is 0. The number of carbonyl (C=O) groups is 2. The summed E-state index contributed by atoms with van der Waals surface area (Å²) in [4.78, 5) is 33.4. The van der Waals surface area contributed by atoms with Gasteiger partial charge in [-0.1, -0.05) is 18.2 Å². The molecule has 0 radical (unpaired) electrons. The molecule has 0 aliphatic carbocycles. The molecule has 31 heavy (non-hydrogen) atoms. The van der Waals surface area contributed by atoms with Gasteiger partial charge < -0.3 is 20.5 Å². The van der Waals surface area contributed by atoms with Crippen molar-refractivity contribution in [3.63, 3.8) is 0 Å². The highest BCUT2D eigenvalue weighted by molar-refractivity contribution is 6.40. The molecule has 1 saturated heterocycles. The lowest BCUT2D eigenvalue weighted by molar-refractivity contribution is -0.135. The number of aromatic nitrogens is 1. The molecular weight excluding hydrogens is 390 g/mol. The minimum atomic E-state index is -0.899. The minimum absolute atomic E-state index is 0.230. The van der Waals surface area contributed by atoms with Gasteiger partial charge in [-0.15, -0.1) is 0 Å². The summed E-state index contributed by atoms with van der Waals surface area (Å²) in [6, 6.07) is 16.5. The fourth-order valence-corrected chi connectivity index (χ4v) is 4.87. The van der Waals surface area contributed by atoms with Crippen molar-refractivity contribution in [2.24, 2.45) is 5.73 Å². The van der Waals surface area contributed by atoms with E-state index in [1.54, 1.807) is 0 Å². The first kappa shape index (κ1) is 19.6. The molecule has 0 spiro atoms. The Morgan fingerprint density at radius 2 is 1.84 bits per heavy atom. The van der Waals surface area contributed by atoms with E-state index >= 15 is 0 Å². The van der Waals surface area contributed by atoms with Gasteiger partial charge in [-0.05, 0) is 48.9 Å². The number of piperazine rings is 1. The van der Waals surface area contributed by atoms with Crippen molar-refractivity contribution in [2.45, 2.75) is 12.3 Å². The summed E-state index contributed by atoms with van der Waals surface area (Å²) >= 11 is 0. The van der Waals surface area contributed by atoms with Crippen LogP contribution in [0.2, 0.25) is 0 Å². The lowest BCUT2D eigenvalue weighted by Gasteiger charge is -2.36. The molecule has 3 N–H and O–H groups in total. The topological polar surface area (TPSA) is 85.7 Å². The van der Waals surface area contributed by atoms with Gasteiger partial charge in [0.05, 0.1) is 0 Å². The van der Waals surface area contributed by atoms with Crippen molar-refractivity contribution in [3.8, 4) is 0 Å². The summed E-state index contributed by atoms with van der Waals surface area (Å²) in [5, 5.41) is 1.25. The largest absolute Gasteiger partial charge is 0.369 e. The molecule has 7 nitrogen and oxygen atoms in total. The Bertz CT molecular complexity index is 1120. The van der Waals surface area contributed by atoms with Crippen LogP contribution in [0, 0.1) is 0 Å². The van der Waals surface area contributed by atoms with Crippen LogP contribution < -0.4 is 15.5 Å². The molecule has 0 bridgehead atoms. The second kappa shape index (κ2) is 8.07. The van der Waals surface area contributed by atoms with Gasteiger partial charge in [0.15, 0.2) is 0 Å². The number of anilines is 2. The molecule has 5 rings (SSSR count). The molecule has 3 heterocycles. The third-order valence-electron chi connectivity index (χ3n) is 6.59. The molecule has 0 unspecified atom stereocenters. The molecule has 2 aromatic carbocycles. The van der Waals surface area contributed by atoms with Crippen molar-refractivity contribution in [2.75, 3.05) is 49.1 Å². The van der Waals surface area contributed by atoms with Crippen molar-refractivity contribution in [1.29, 1.82) is 0 Å². The van der Waals surface area contributed by atoms with E-state index in [0.29, 0.717) is 6.54 Å². The number of benzene rings is 2. The predicted octanol–water partition coefficient (Wildman–Crippen LogP) is 2.30. The number of para-hydroxylation sites is 1. The van der Waals surface area contributed by atoms with Crippen LogP contribution in [0.1, 0.15) is 17.9 Å². The second-order valence-corrected chi connectivity index (χ2v) is 8.40. The SMILES string of the molecule is NC(=O)C(=O)N1C[C@@H](CCN2CCN(c3ccc4[nH]ccc4c3)CC2)c2ccccc21. The summed E-state index contributed by atoms with van der Waals surface area (Å²) in [6.07, 6.45) is 2.93. The highest BCUT2D eigenvalue weighted by atomic mass is 16.2. The van der Waals surface area contributed by atoms with Crippen molar-refractivity contribution >= 4 is 34.1 Å². The molecule has 7 heteroatoms. The van der Waals surface area contributed by atoms with Crippen molar-refractivity contribution < 1.29 is 9.59 Å². The van der Waals surface area contributed by atoms with Crippen LogP contribution in [0.5, 0.6) is 0 Å². The summed E-state index contributed by atoms with van der Waals surface area (Å²) in [5.41, 5.74) is 9.65. The van der Waals surface area contributed by atoms with Crippen molar-refractivity contribution in [3.05, 3.63) is 60.3 Å². The molecule has 2 aliphatic heterocycles. The van der Waals surface area contributed by atoms with Crippen LogP contribution in [0.25, 0.3) is 10.9 Å². The number of rotatable bonds is 4. The molecule has 1 atom stereocenters. The number of nitrogens with two attached hydrogens (primary N) is 1. The number of nitrogens with zero attached hydrogens (tertiary/aromatic N) is 3. The number of H-pyrrole nitrogens is 1. The van der Waals surface area contributed by atoms with Crippen LogP contribution in [-0.2, 0) is 9.59 Å². The van der Waals surface area contributed by atoms with Gasteiger partial charge in [-0.25, -0.2) is 0 Å². The Hall–Kier alpha value is -3.32. The first-order chi connectivity index (χ1) is 15.1. The van der Waals surface area contributed by atoms with Crippen LogP contribution in [0.4, 0.5) is 11.4 Å². The first-order valence-electron chi connectivity index (χ1n) is 10.8. The summed E-state index contributed by atoms with van der Waals surface area (Å²) in [6.45, 7) is 5.54. The maximum Gasteiger partial charge on any atom is 0.316 e. The molecule has 1 aromatic heterocycles. The molecule has 2 amide bonds. The van der Waals surface area contributed by atoms with E-state index in [0.717, 1.165) is 50.4 Å². The van der Waals surface area contributed by atoms with Gasteiger partial charge in [0.25, 0.3) is 0 Å². The van der Waals surface area contributed by atoms with E-state index in [1.165, 1.54) is 21.5 Å². The Kier molecular flexibility index (Phi) is 5.11. The molecule has 3 aromatic rings. The second-order valence-electron chi connectivity index (χ2n) is 8.40. The molecule has 160 valence electrons. The molecule has 1 fully saturated rings. The third-order valence-corrected chi connectivity index (χ3v) is 6.59. The normalized spacial score (nSPS) is 19.0. The Morgan fingerprint density at radius 1 is 1.03 bits per heavy atom. The average molecular weight is 418 g/mol. The van der Waals surface area contributed by atoms with Crippen LogP contribution in [0.3, 0.4) is 0 Å².